The van der Waals surface area contributed by atoms with Crippen LogP contribution in [0.15, 0.2) is 65.8 Å². The van der Waals surface area contributed by atoms with Gasteiger partial charge in [-0.15, -0.1) is 11.3 Å². The molecular weight excluding hydrogens is 430 g/mol. The number of para-hydroxylation sites is 1. The summed E-state index contributed by atoms with van der Waals surface area (Å²) in [6.45, 7) is 4.70. The van der Waals surface area contributed by atoms with Gasteiger partial charge in [0, 0.05) is 41.1 Å². The Hall–Kier alpha value is -3.84. The molecule has 0 radical (unpaired) electrons. The molecule has 5 heterocycles. The molecule has 33 heavy (non-hydrogen) atoms. The summed E-state index contributed by atoms with van der Waals surface area (Å²) in [5, 5.41) is 5.64. The smallest absolute Gasteiger partial charge is 0.262 e. The van der Waals surface area contributed by atoms with E-state index in [4.69, 9.17) is 10.1 Å². The molecule has 0 saturated carbocycles. The quantitative estimate of drug-likeness (QED) is 0.375. The minimum atomic E-state index is 0.0627. The van der Waals surface area contributed by atoms with Gasteiger partial charge in [0.25, 0.3) is 5.56 Å². The van der Waals surface area contributed by atoms with Crippen molar-refractivity contribution in [2.75, 3.05) is 0 Å². The van der Waals surface area contributed by atoms with Crippen LogP contribution in [0, 0.1) is 13.8 Å². The van der Waals surface area contributed by atoms with Gasteiger partial charge < -0.3 is 0 Å². The fourth-order valence-corrected chi connectivity index (χ4v) is 5.40. The lowest BCUT2D eigenvalue weighted by atomic mass is 10.1. The van der Waals surface area contributed by atoms with Gasteiger partial charge in [0.15, 0.2) is 0 Å². The summed E-state index contributed by atoms with van der Waals surface area (Å²) in [5.74, 6) is 0.762. The van der Waals surface area contributed by atoms with Crippen molar-refractivity contribution in [1.29, 1.82) is 0 Å². The molecule has 0 aliphatic carbocycles. The molecule has 162 valence electrons. The maximum atomic E-state index is 13.2. The van der Waals surface area contributed by atoms with E-state index in [0.717, 1.165) is 61.0 Å². The second-order valence-corrected chi connectivity index (χ2v) is 9.43. The lowest BCUT2D eigenvalue weighted by Crippen LogP contribution is -2.20. The highest BCUT2D eigenvalue weighted by Crippen LogP contribution is 2.33. The fourth-order valence-electron chi connectivity index (χ4n) is 4.38. The van der Waals surface area contributed by atoms with E-state index >= 15 is 0 Å². The molecule has 6 nitrogen and oxygen atoms in total. The molecule has 0 bridgehead atoms. The Kier molecular flexibility index (Phi) is 4.58. The van der Waals surface area contributed by atoms with Crippen molar-refractivity contribution in [2.45, 2.75) is 26.8 Å². The predicted molar refractivity (Wildman–Crippen MR) is 133 cm³/mol. The highest BCUT2D eigenvalue weighted by molar-refractivity contribution is 7.18. The molecule has 4 aromatic heterocycles. The number of aromatic nitrogens is 5. The predicted octanol–water partition coefficient (Wildman–Crippen LogP) is 5.27. The van der Waals surface area contributed by atoms with Crippen LogP contribution < -0.4 is 5.56 Å². The number of thiophene rings is 1. The summed E-state index contributed by atoms with van der Waals surface area (Å²) in [5.41, 5.74) is 5.92. The molecule has 1 aliphatic rings. The Morgan fingerprint density at radius 3 is 2.73 bits per heavy atom. The van der Waals surface area contributed by atoms with Crippen LogP contribution in [0.3, 0.4) is 0 Å². The minimum absolute atomic E-state index is 0.0627. The number of benzene rings is 1. The van der Waals surface area contributed by atoms with Gasteiger partial charge in [0.05, 0.1) is 11.1 Å². The Labute approximate surface area is 194 Å². The Bertz CT molecular complexity index is 1590. The summed E-state index contributed by atoms with van der Waals surface area (Å²) in [7, 11) is 0. The van der Waals surface area contributed by atoms with Crippen LogP contribution in [-0.2, 0) is 6.54 Å². The van der Waals surface area contributed by atoms with Crippen LogP contribution in [0.25, 0.3) is 38.8 Å². The van der Waals surface area contributed by atoms with Gasteiger partial charge in [-0.2, -0.15) is 5.10 Å². The highest BCUT2D eigenvalue weighted by Gasteiger charge is 2.24. The molecule has 0 saturated heterocycles. The zero-order valence-corrected chi connectivity index (χ0v) is 19.1. The molecule has 0 atom stereocenters. The lowest BCUT2D eigenvalue weighted by molar-refractivity contribution is 0.726. The molecule has 0 N–H and O–H groups in total. The summed E-state index contributed by atoms with van der Waals surface area (Å²) in [6.07, 6.45) is 8.50. The molecule has 0 spiro atoms. The maximum Gasteiger partial charge on any atom is 0.262 e. The SMILES string of the molecule is Cc1sc2nc3n(c(=O)c2c1C)CC/C3=C/c1cn(-c2ccccc2)nc1-c1cccnc1. The average Bonchev–Trinajstić information content (AvgIpc) is 3.52. The zero-order chi connectivity index (χ0) is 22.5. The van der Waals surface area contributed by atoms with Gasteiger partial charge in [-0.05, 0) is 61.7 Å². The van der Waals surface area contributed by atoms with Gasteiger partial charge in [-0.25, -0.2) is 9.67 Å². The van der Waals surface area contributed by atoms with E-state index in [2.05, 4.69) is 11.1 Å². The first-order chi connectivity index (χ1) is 16.1. The van der Waals surface area contributed by atoms with Crippen molar-refractivity contribution < 1.29 is 0 Å². The van der Waals surface area contributed by atoms with Crippen LogP contribution in [0.5, 0.6) is 0 Å². The van der Waals surface area contributed by atoms with Crippen molar-refractivity contribution in [3.8, 4) is 16.9 Å². The topological polar surface area (TPSA) is 65.6 Å². The summed E-state index contributed by atoms with van der Waals surface area (Å²) in [4.78, 5) is 24.4. The van der Waals surface area contributed by atoms with E-state index in [1.165, 1.54) is 0 Å². The average molecular weight is 452 g/mol. The number of rotatable bonds is 3. The molecule has 0 unspecified atom stereocenters. The molecule has 0 fully saturated rings. The molecule has 7 heteroatoms. The zero-order valence-electron chi connectivity index (χ0n) is 18.3. The van der Waals surface area contributed by atoms with Crippen LogP contribution in [0.2, 0.25) is 0 Å². The van der Waals surface area contributed by atoms with Crippen molar-refractivity contribution in [2.24, 2.45) is 0 Å². The first kappa shape index (κ1) is 19.8. The van der Waals surface area contributed by atoms with Crippen LogP contribution in [0.4, 0.5) is 0 Å². The molecule has 0 amide bonds. The second kappa shape index (κ2) is 7.64. The van der Waals surface area contributed by atoms with Crippen molar-refractivity contribution in [3.05, 3.63) is 93.2 Å². The highest BCUT2D eigenvalue weighted by atomic mass is 32.1. The van der Waals surface area contributed by atoms with Crippen molar-refractivity contribution in [3.63, 3.8) is 0 Å². The summed E-state index contributed by atoms with van der Waals surface area (Å²) >= 11 is 1.59. The van der Waals surface area contributed by atoms with E-state index in [-0.39, 0.29) is 5.56 Å². The van der Waals surface area contributed by atoms with Gasteiger partial charge in [0.1, 0.15) is 16.3 Å². The number of fused-ring (bicyclic) bond motifs is 2. The van der Waals surface area contributed by atoms with Gasteiger partial charge >= 0.3 is 0 Å². The number of aryl methyl sites for hydroxylation is 2. The second-order valence-electron chi connectivity index (χ2n) is 8.23. The number of pyridine rings is 1. The first-order valence-electron chi connectivity index (χ1n) is 10.9. The third-order valence-electron chi connectivity index (χ3n) is 6.21. The normalized spacial score (nSPS) is 14.3. The molecule has 6 rings (SSSR count). The number of hydrogen-bond donors (Lipinski definition) is 0. The number of hydrogen-bond acceptors (Lipinski definition) is 5. The Morgan fingerprint density at radius 1 is 1.09 bits per heavy atom. The van der Waals surface area contributed by atoms with Gasteiger partial charge in [-0.3, -0.25) is 14.3 Å². The Balaban J connectivity index is 1.53. The van der Waals surface area contributed by atoms with Crippen molar-refractivity contribution in [1.82, 2.24) is 24.3 Å². The lowest BCUT2D eigenvalue weighted by Gasteiger charge is -2.03. The van der Waals surface area contributed by atoms with Crippen molar-refractivity contribution >= 4 is 33.2 Å². The third kappa shape index (κ3) is 3.24. The number of nitrogens with zero attached hydrogens (tertiary/aromatic N) is 5. The molecule has 1 aliphatic heterocycles. The standard InChI is InChI=1S/C26H21N5OS/c1-16-17(2)33-25-22(16)26(32)30-12-10-18(24(30)28-25)13-20-15-31(21-8-4-3-5-9-21)29-23(20)19-7-6-11-27-14-19/h3-9,11,13-15H,10,12H2,1-2H3/b18-13-. The van der Waals surface area contributed by atoms with Crippen LogP contribution >= 0.6 is 11.3 Å². The van der Waals surface area contributed by atoms with E-state index < -0.39 is 0 Å². The minimum Gasteiger partial charge on any atom is -0.292 e. The third-order valence-corrected chi connectivity index (χ3v) is 7.31. The van der Waals surface area contributed by atoms with Crippen LogP contribution in [0.1, 0.15) is 28.2 Å². The monoisotopic (exact) mass is 451 g/mol. The van der Waals surface area contributed by atoms with E-state index in [0.29, 0.717) is 6.54 Å². The first-order valence-corrected chi connectivity index (χ1v) is 11.7. The largest absolute Gasteiger partial charge is 0.292 e. The fraction of sp³-hybridized carbons (Fsp3) is 0.154. The summed E-state index contributed by atoms with van der Waals surface area (Å²) < 4.78 is 3.71. The molecular formula is C26H21N5OS. The van der Waals surface area contributed by atoms with Gasteiger partial charge in [0.2, 0.25) is 0 Å². The molecule has 5 aromatic rings. The van der Waals surface area contributed by atoms with E-state index in [9.17, 15) is 4.79 Å². The van der Waals surface area contributed by atoms with E-state index in [1.807, 2.05) is 78.0 Å². The maximum absolute atomic E-state index is 13.2. The Morgan fingerprint density at radius 2 is 1.94 bits per heavy atom. The summed E-state index contributed by atoms with van der Waals surface area (Å²) in [6, 6.07) is 14.0. The van der Waals surface area contributed by atoms with Crippen LogP contribution in [-0.4, -0.2) is 24.3 Å². The van der Waals surface area contributed by atoms with Gasteiger partial charge in [-0.1, -0.05) is 18.2 Å². The number of allylic oxidation sites excluding steroid dienone is 1. The molecule has 1 aromatic carbocycles. The van der Waals surface area contributed by atoms with E-state index in [1.54, 1.807) is 17.5 Å².